The number of hydrogen-bond donors (Lipinski definition) is 1. The number of nitrogen functional groups attached to an aromatic ring is 1. The minimum Gasteiger partial charge on any atom is -0.396 e. The lowest BCUT2D eigenvalue weighted by atomic mass is 9.94. The number of amides is 1. The van der Waals surface area contributed by atoms with Crippen LogP contribution >= 0.6 is 0 Å². The topological polar surface area (TPSA) is 46.3 Å². The Morgan fingerprint density at radius 1 is 1.33 bits per heavy atom. The maximum atomic E-state index is 13.1. The molecule has 1 aliphatic carbocycles. The first kappa shape index (κ1) is 12.9. The fourth-order valence-electron chi connectivity index (χ4n) is 2.51. The van der Waals surface area contributed by atoms with Crippen LogP contribution in [0.3, 0.4) is 0 Å². The van der Waals surface area contributed by atoms with Crippen LogP contribution in [0, 0.1) is 5.82 Å². The Morgan fingerprint density at radius 3 is 2.61 bits per heavy atom. The van der Waals surface area contributed by atoms with Crippen LogP contribution < -0.4 is 5.73 Å². The number of benzene rings is 1. The van der Waals surface area contributed by atoms with Gasteiger partial charge in [-0.15, -0.1) is 0 Å². The Kier molecular flexibility index (Phi) is 3.84. The van der Waals surface area contributed by atoms with Gasteiger partial charge in [-0.05, 0) is 31.0 Å². The quantitative estimate of drug-likeness (QED) is 0.820. The molecule has 0 bridgehead atoms. The molecular weight excluding hydrogens is 231 g/mol. The summed E-state index contributed by atoms with van der Waals surface area (Å²) in [7, 11) is 1.82. The van der Waals surface area contributed by atoms with Gasteiger partial charge in [-0.3, -0.25) is 4.79 Å². The Labute approximate surface area is 107 Å². The van der Waals surface area contributed by atoms with Gasteiger partial charge in [0.25, 0.3) is 5.91 Å². The molecule has 0 radical (unpaired) electrons. The summed E-state index contributed by atoms with van der Waals surface area (Å²) in [5, 5.41) is 0. The number of anilines is 1. The van der Waals surface area contributed by atoms with Crippen molar-refractivity contribution in [3.05, 3.63) is 29.6 Å². The average Bonchev–Trinajstić information content (AvgIpc) is 2.41. The summed E-state index contributed by atoms with van der Waals surface area (Å²) in [6.07, 6.45) is 5.71. The molecule has 0 aliphatic heterocycles. The monoisotopic (exact) mass is 250 g/mol. The van der Waals surface area contributed by atoms with Crippen LogP contribution in [-0.2, 0) is 0 Å². The second-order valence-corrected chi connectivity index (χ2v) is 4.94. The van der Waals surface area contributed by atoms with Gasteiger partial charge < -0.3 is 10.6 Å². The van der Waals surface area contributed by atoms with E-state index < -0.39 is 5.82 Å². The number of carbonyl (C=O) groups is 1. The second kappa shape index (κ2) is 5.38. The number of rotatable bonds is 2. The summed E-state index contributed by atoms with van der Waals surface area (Å²) in [6, 6.07) is 4.46. The van der Waals surface area contributed by atoms with Gasteiger partial charge >= 0.3 is 0 Å². The first-order valence-electron chi connectivity index (χ1n) is 6.42. The molecule has 0 spiro atoms. The Morgan fingerprint density at radius 2 is 2.00 bits per heavy atom. The van der Waals surface area contributed by atoms with E-state index in [4.69, 9.17) is 5.73 Å². The van der Waals surface area contributed by atoms with Crippen LogP contribution in [-0.4, -0.2) is 23.9 Å². The molecule has 4 heteroatoms. The van der Waals surface area contributed by atoms with Crippen molar-refractivity contribution < 1.29 is 9.18 Å². The number of nitrogens with zero attached hydrogens (tertiary/aromatic N) is 1. The predicted molar refractivity (Wildman–Crippen MR) is 69.8 cm³/mol. The normalized spacial score (nSPS) is 16.6. The molecule has 2 N–H and O–H groups in total. The maximum absolute atomic E-state index is 13.1. The van der Waals surface area contributed by atoms with E-state index in [1.807, 2.05) is 7.05 Å². The third kappa shape index (κ3) is 2.63. The van der Waals surface area contributed by atoms with Crippen LogP contribution in [0.4, 0.5) is 10.1 Å². The van der Waals surface area contributed by atoms with Crippen LogP contribution in [0.1, 0.15) is 42.5 Å². The zero-order valence-electron chi connectivity index (χ0n) is 10.7. The summed E-state index contributed by atoms with van der Waals surface area (Å²) >= 11 is 0. The van der Waals surface area contributed by atoms with Crippen LogP contribution in [0.15, 0.2) is 18.2 Å². The fraction of sp³-hybridized carbons (Fsp3) is 0.500. The molecule has 0 aromatic heterocycles. The molecule has 2 rings (SSSR count). The van der Waals surface area contributed by atoms with E-state index in [0.717, 1.165) is 12.8 Å². The Hall–Kier alpha value is -1.58. The average molecular weight is 250 g/mol. The molecule has 1 amide bonds. The summed E-state index contributed by atoms with van der Waals surface area (Å²) in [4.78, 5) is 14.0. The molecule has 3 nitrogen and oxygen atoms in total. The highest BCUT2D eigenvalue weighted by molar-refractivity contribution is 5.95. The van der Waals surface area contributed by atoms with Gasteiger partial charge in [0, 0.05) is 18.7 Å². The molecule has 1 aliphatic rings. The summed E-state index contributed by atoms with van der Waals surface area (Å²) in [5.74, 6) is -0.555. The highest BCUT2D eigenvalue weighted by Crippen LogP contribution is 2.23. The molecule has 18 heavy (non-hydrogen) atoms. The third-order valence-electron chi connectivity index (χ3n) is 3.69. The molecule has 0 saturated heterocycles. The van der Waals surface area contributed by atoms with Crippen molar-refractivity contribution in [1.29, 1.82) is 0 Å². The largest absolute Gasteiger partial charge is 0.396 e. The van der Waals surface area contributed by atoms with Crippen molar-refractivity contribution in [1.82, 2.24) is 4.90 Å². The maximum Gasteiger partial charge on any atom is 0.253 e. The molecule has 1 fully saturated rings. The molecular formula is C14H19FN2O. The minimum absolute atomic E-state index is 0.0258. The van der Waals surface area contributed by atoms with Gasteiger partial charge in [0.2, 0.25) is 0 Å². The third-order valence-corrected chi connectivity index (χ3v) is 3.69. The smallest absolute Gasteiger partial charge is 0.253 e. The lowest BCUT2D eigenvalue weighted by molar-refractivity contribution is 0.0696. The summed E-state index contributed by atoms with van der Waals surface area (Å²) < 4.78 is 13.1. The van der Waals surface area contributed by atoms with Crippen LogP contribution in [0.25, 0.3) is 0 Å². The molecule has 0 unspecified atom stereocenters. The molecule has 1 aromatic carbocycles. The Balaban J connectivity index is 2.11. The van der Waals surface area contributed by atoms with E-state index >= 15 is 0 Å². The number of carbonyl (C=O) groups excluding carboxylic acids is 1. The first-order valence-corrected chi connectivity index (χ1v) is 6.42. The van der Waals surface area contributed by atoms with Crippen molar-refractivity contribution in [2.75, 3.05) is 12.8 Å². The molecule has 1 aromatic rings. The number of nitrogens with two attached hydrogens (primary N) is 1. The van der Waals surface area contributed by atoms with Crippen molar-refractivity contribution in [2.24, 2.45) is 0 Å². The number of halogens is 1. The van der Waals surface area contributed by atoms with Crippen molar-refractivity contribution in [3.63, 3.8) is 0 Å². The molecule has 0 atom stereocenters. The van der Waals surface area contributed by atoms with Gasteiger partial charge in [0.15, 0.2) is 0 Å². The molecule has 98 valence electrons. The minimum atomic E-state index is -0.480. The van der Waals surface area contributed by atoms with Gasteiger partial charge in [0.05, 0.1) is 5.69 Å². The van der Waals surface area contributed by atoms with Gasteiger partial charge in [0.1, 0.15) is 5.82 Å². The van der Waals surface area contributed by atoms with Crippen molar-refractivity contribution in [3.8, 4) is 0 Å². The molecule has 0 heterocycles. The van der Waals surface area contributed by atoms with E-state index in [-0.39, 0.29) is 11.6 Å². The first-order chi connectivity index (χ1) is 8.59. The fourth-order valence-corrected chi connectivity index (χ4v) is 2.51. The van der Waals surface area contributed by atoms with E-state index in [0.29, 0.717) is 11.6 Å². The molecule has 1 saturated carbocycles. The predicted octanol–water partition coefficient (Wildman–Crippen LogP) is 2.81. The zero-order chi connectivity index (χ0) is 13.1. The van der Waals surface area contributed by atoms with E-state index in [1.54, 1.807) is 4.90 Å². The van der Waals surface area contributed by atoms with E-state index in [9.17, 15) is 9.18 Å². The van der Waals surface area contributed by atoms with Gasteiger partial charge in [-0.1, -0.05) is 19.3 Å². The number of hydrogen-bond acceptors (Lipinski definition) is 2. The summed E-state index contributed by atoms with van der Waals surface area (Å²) in [6.45, 7) is 0. The zero-order valence-corrected chi connectivity index (χ0v) is 10.7. The standard InChI is InChI=1S/C14H19FN2O/c1-17(11-5-3-2-4-6-11)14(18)10-7-8-12(15)13(16)9-10/h7-9,11H,2-6,16H2,1H3. The highest BCUT2D eigenvalue weighted by Gasteiger charge is 2.23. The van der Waals surface area contributed by atoms with E-state index in [2.05, 4.69) is 0 Å². The Bertz CT molecular complexity index is 441. The van der Waals surface area contributed by atoms with Crippen molar-refractivity contribution >= 4 is 11.6 Å². The van der Waals surface area contributed by atoms with Crippen molar-refractivity contribution in [2.45, 2.75) is 38.1 Å². The lowest BCUT2D eigenvalue weighted by Gasteiger charge is -2.31. The highest BCUT2D eigenvalue weighted by atomic mass is 19.1. The van der Waals surface area contributed by atoms with Gasteiger partial charge in [-0.2, -0.15) is 0 Å². The van der Waals surface area contributed by atoms with Crippen LogP contribution in [0.5, 0.6) is 0 Å². The SMILES string of the molecule is CN(C(=O)c1ccc(F)c(N)c1)C1CCCCC1. The van der Waals surface area contributed by atoms with Crippen LogP contribution in [0.2, 0.25) is 0 Å². The second-order valence-electron chi connectivity index (χ2n) is 4.94. The summed E-state index contributed by atoms with van der Waals surface area (Å²) in [5.41, 5.74) is 5.98. The van der Waals surface area contributed by atoms with Gasteiger partial charge in [-0.25, -0.2) is 4.39 Å². The van der Waals surface area contributed by atoms with E-state index in [1.165, 1.54) is 37.5 Å². The lowest BCUT2D eigenvalue weighted by Crippen LogP contribution is -2.38.